The highest BCUT2D eigenvalue weighted by atomic mass is 32.2. The Kier molecular flexibility index (Phi) is 6.31. The molecule has 0 unspecified atom stereocenters. The summed E-state index contributed by atoms with van der Waals surface area (Å²) in [5.74, 6) is 0.422. The van der Waals surface area contributed by atoms with Crippen molar-refractivity contribution in [1.82, 2.24) is 9.97 Å². The van der Waals surface area contributed by atoms with Crippen LogP contribution in [0.2, 0.25) is 0 Å². The standard InChI is InChI=1S/C24H20N4OS2/c1-15-3-6-17(7-4-15)19-10-8-18(14-25)23(26-19)30-12-11-22(29)28-24-27-20-9-5-16(2)13-21(20)31-24/h3-10,13H,11-12H2,1-2H3,(H,27,28,29). The maximum atomic E-state index is 12.4. The second kappa shape index (κ2) is 9.29. The van der Waals surface area contributed by atoms with E-state index in [0.717, 1.165) is 21.5 Å². The van der Waals surface area contributed by atoms with E-state index in [1.807, 2.05) is 56.3 Å². The van der Waals surface area contributed by atoms with Crippen LogP contribution in [0.25, 0.3) is 21.5 Å². The van der Waals surface area contributed by atoms with Crippen molar-refractivity contribution in [1.29, 1.82) is 5.26 Å². The van der Waals surface area contributed by atoms with Crippen molar-refractivity contribution in [3.05, 3.63) is 71.3 Å². The molecule has 2 heterocycles. The summed E-state index contributed by atoms with van der Waals surface area (Å²) < 4.78 is 1.06. The molecule has 0 bridgehead atoms. The number of nitriles is 1. The summed E-state index contributed by atoms with van der Waals surface area (Å²) in [4.78, 5) is 21.5. The minimum Gasteiger partial charge on any atom is -0.302 e. The molecule has 5 nitrogen and oxygen atoms in total. The monoisotopic (exact) mass is 444 g/mol. The van der Waals surface area contributed by atoms with Crippen molar-refractivity contribution >= 4 is 44.4 Å². The predicted molar refractivity (Wildman–Crippen MR) is 127 cm³/mol. The van der Waals surface area contributed by atoms with Crippen LogP contribution in [0.5, 0.6) is 0 Å². The van der Waals surface area contributed by atoms with Gasteiger partial charge in [-0.05, 0) is 43.7 Å². The second-order valence-corrected chi connectivity index (χ2v) is 9.28. The molecule has 0 spiro atoms. The van der Waals surface area contributed by atoms with Crippen LogP contribution in [0.15, 0.2) is 59.6 Å². The van der Waals surface area contributed by atoms with Gasteiger partial charge in [0.1, 0.15) is 11.1 Å². The molecule has 0 atom stereocenters. The van der Waals surface area contributed by atoms with Crippen LogP contribution < -0.4 is 5.32 Å². The predicted octanol–water partition coefficient (Wildman–Crippen LogP) is 5.97. The summed E-state index contributed by atoms with van der Waals surface area (Å²) in [6.45, 7) is 4.07. The van der Waals surface area contributed by atoms with Crippen LogP contribution in [0.1, 0.15) is 23.1 Å². The van der Waals surface area contributed by atoms with Crippen LogP contribution in [-0.4, -0.2) is 21.6 Å². The minimum atomic E-state index is -0.100. The molecule has 4 aromatic rings. The van der Waals surface area contributed by atoms with E-state index in [9.17, 15) is 10.1 Å². The average Bonchev–Trinajstić information content (AvgIpc) is 3.15. The Morgan fingerprint density at radius 1 is 1.06 bits per heavy atom. The molecule has 0 saturated carbocycles. The van der Waals surface area contributed by atoms with Gasteiger partial charge in [-0.2, -0.15) is 5.26 Å². The second-order valence-electron chi connectivity index (χ2n) is 7.16. The topological polar surface area (TPSA) is 78.7 Å². The zero-order valence-corrected chi connectivity index (χ0v) is 18.8. The molecule has 31 heavy (non-hydrogen) atoms. The van der Waals surface area contributed by atoms with Crippen molar-refractivity contribution in [2.45, 2.75) is 25.3 Å². The Morgan fingerprint density at radius 3 is 2.61 bits per heavy atom. The first-order chi connectivity index (χ1) is 15.0. The molecule has 1 amide bonds. The van der Waals surface area contributed by atoms with Gasteiger partial charge in [-0.1, -0.05) is 47.2 Å². The fourth-order valence-corrected chi connectivity index (χ4v) is 4.92. The highest BCUT2D eigenvalue weighted by Crippen LogP contribution is 2.28. The highest BCUT2D eigenvalue weighted by molar-refractivity contribution is 7.99. The van der Waals surface area contributed by atoms with Gasteiger partial charge in [0.25, 0.3) is 0 Å². The number of carbonyl (C=O) groups excluding carboxylic acids is 1. The SMILES string of the molecule is Cc1ccc(-c2ccc(C#N)c(SCCC(=O)Nc3nc4ccc(C)cc4s3)n2)cc1. The number of hydrogen-bond donors (Lipinski definition) is 1. The Labute approximate surface area is 189 Å². The van der Waals surface area contributed by atoms with E-state index in [1.165, 1.54) is 34.2 Å². The zero-order chi connectivity index (χ0) is 21.8. The van der Waals surface area contributed by atoms with Crippen LogP contribution >= 0.6 is 23.1 Å². The molecular weight excluding hydrogens is 424 g/mol. The molecule has 2 aromatic heterocycles. The summed E-state index contributed by atoms with van der Waals surface area (Å²) in [5, 5.41) is 13.5. The molecule has 7 heteroatoms. The first-order valence-electron chi connectivity index (χ1n) is 9.80. The maximum Gasteiger partial charge on any atom is 0.226 e. The molecule has 1 N–H and O–H groups in total. The summed E-state index contributed by atoms with van der Waals surface area (Å²) >= 11 is 2.89. The number of aryl methyl sites for hydroxylation is 2. The van der Waals surface area contributed by atoms with Crippen molar-refractivity contribution < 1.29 is 4.79 Å². The number of rotatable bonds is 6. The molecule has 0 fully saturated rings. The van der Waals surface area contributed by atoms with E-state index in [-0.39, 0.29) is 5.91 Å². The Hall–Kier alpha value is -3.21. The first-order valence-corrected chi connectivity index (χ1v) is 11.6. The van der Waals surface area contributed by atoms with E-state index in [0.29, 0.717) is 27.9 Å². The number of hydrogen-bond acceptors (Lipinski definition) is 6. The van der Waals surface area contributed by atoms with Gasteiger partial charge in [0.05, 0.1) is 21.5 Å². The minimum absolute atomic E-state index is 0.100. The fraction of sp³-hybridized carbons (Fsp3) is 0.167. The molecule has 4 rings (SSSR count). The number of fused-ring (bicyclic) bond motifs is 1. The number of nitrogens with one attached hydrogen (secondary N) is 1. The van der Waals surface area contributed by atoms with E-state index in [2.05, 4.69) is 27.4 Å². The van der Waals surface area contributed by atoms with E-state index < -0.39 is 0 Å². The van der Waals surface area contributed by atoms with Crippen LogP contribution in [0.4, 0.5) is 5.13 Å². The quantitative estimate of drug-likeness (QED) is 0.371. The number of benzene rings is 2. The van der Waals surface area contributed by atoms with Gasteiger partial charge in [0.15, 0.2) is 5.13 Å². The zero-order valence-electron chi connectivity index (χ0n) is 17.2. The smallest absolute Gasteiger partial charge is 0.226 e. The van der Waals surface area contributed by atoms with Gasteiger partial charge in [-0.3, -0.25) is 4.79 Å². The normalized spacial score (nSPS) is 10.7. The highest BCUT2D eigenvalue weighted by Gasteiger charge is 2.11. The molecule has 0 saturated heterocycles. The fourth-order valence-electron chi connectivity index (χ4n) is 3.03. The van der Waals surface area contributed by atoms with Crippen LogP contribution in [0.3, 0.4) is 0 Å². The lowest BCUT2D eigenvalue weighted by Gasteiger charge is -2.07. The summed E-state index contributed by atoms with van der Waals surface area (Å²) in [7, 11) is 0. The van der Waals surface area contributed by atoms with E-state index in [1.54, 1.807) is 6.07 Å². The Morgan fingerprint density at radius 2 is 1.84 bits per heavy atom. The number of thioether (sulfide) groups is 1. The van der Waals surface area contributed by atoms with Gasteiger partial charge in [-0.25, -0.2) is 9.97 Å². The number of pyridine rings is 1. The van der Waals surface area contributed by atoms with Crippen molar-refractivity contribution in [3.63, 3.8) is 0 Å². The molecular formula is C24H20N4OS2. The number of thiazole rings is 1. The number of carbonyl (C=O) groups is 1. The molecule has 0 aliphatic carbocycles. The molecule has 0 radical (unpaired) electrons. The molecule has 0 aliphatic rings. The average molecular weight is 445 g/mol. The van der Waals surface area contributed by atoms with Gasteiger partial charge in [0.2, 0.25) is 5.91 Å². The van der Waals surface area contributed by atoms with Gasteiger partial charge >= 0.3 is 0 Å². The van der Waals surface area contributed by atoms with Gasteiger partial charge in [0, 0.05) is 17.7 Å². The van der Waals surface area contributed by atoms with Crippen LogP contribution in [-0.2, 0) is 4.79 Å². The lowest BCUT2D eigenvalue weighted by molar-refractivity contribution is -0.115. The summed E-state index contributed by atoms with van der Waals surface area (Å²) in [5.41, 5.74) is 5.57. The van der Waals surface area contributed by atoms with E-state index >= 15 is 0 Å². The number of amides is 1. The van der Waals surface area contributed by atoms with Gasteiger partial charge in [-0.15, -0.1) is 11.8 Å². The molecule has 0 aliphatic heterocycles. The lowest BCUT2D eigenvalue weighted by Crippen LogP contribution is -2.12. The third kappa shape index (κ3) is 5.10. The largest absolute Gasteiger partial charge is 0.302 e. The first kappa shape index (κ1) is 21.0. The Balaban J connectivity index is 1.40. The van der Waals surface area contributed by atoms with Crippen molar-refractivity contribution in [2.75, 3.05) is 11.1 Å². The summed E-state index contributed by atoms with van der Waals surface area (Å²) in [6.07, 6.45) is 0.306. The van der Waals surface area contributed by atoms with Crippen molar-refractivity contribution in [2.24, 2.45) is 0 Å². The Bertz CT molecular complexity index is 1290. The summed E-state index contributed by atoms with van der Waals surface area (Å²) in [6, 6.07) is 20.0. The number of aromatic nitrogens is 2. The lowest BCUT2D eigenvalue weighted by atomic mass is 10.1. The third-order valence-electron chi connectivity index (χ3n) is 4.69. The number of anilines is 1. The third-order valence-corrected chi connectivity index (χ3v) is 6.61. The molecule has 154 valence electrons. The maximum absolute atomic E-state index is 12.4. The van der Waals surface area contributed by atoms with Crippen molar-refractivity contribution in [3.8, 4) is 17.3 Å². The molecule has 2 aromatic carbocycles. The van der Waals surface area contributed by atoms with Gasteiger partial charge < -0.3 is 5.32 Å². The van der Waals surface area contributed by atoms with Crippen LogP contribution in [0, 0.1) is 25.2 Å². The van der Waals surface area contributed by atoms with E-state index in [4.69, 9.17) is 0 Å². The number of nitrogens with zero attached hydrogens (tertiary/aromatic N) is 3.